The van der Waals surface area contributed by atoms with Gasteiger partial charge >= 0.3 is 0 Å². The molecule has 0 aromatic carbocycles. The number of hydrogen-bond donors (Lipinski definition) is 1. The van der Waals surface area contributed by atoms with Gasteiger partial charge in [-0.2, -0.15) is 0 Å². The van der Waals surface area contributed by atoms with Crippen LogP contribution in [0.4, 0.5) is 0 Å². The van der Waals surface area contributed by atoms with E-state index in [0.29, 0.717) is 0 Å². The predicted octanol–water partition coefficient (Wildman–Crippen LogP) is 2.43. The first-order chi connectivity index (χ1) is 4.34. The standard InChI is InChI=1S/C6H8BrNS.ClH/c7-6-5(1-3-8)2-4-9-6;/h2,4H,1,3,8H2;1H. The molecule has 0 aliphatic carbocycles. The lowest BCUT2D eigenvalue weighted by molar-refractivity contribution is 0.970. The van der Waals surface area contributed by atoms with E-state index in [1.165, 1.54) is 9.35 Å². The molecule has 1 rings (SSSR count). The molecule has 58 valence electrons. The third-order valence-corrected chi connectivity index (χ3v) is 2.92. The molecular formula is C6H9BrClNS. The summed E-state index contributed by atoms with van der Waals surface area (Å²) >= 11 is 5.14. The van der Waals surface area contributed by atoms with E-state index in [2.05, 4.69) is 27.4 Å². The first-order valence-corrected chi connectivity index (χ1v) is 4.44. The highest BCUT2D eigenvalue weighted by atomic mass is 79.9. The quantitative estimate of drug-likeness (QED) is 0.847. The topological polar surface area (TPSA) is 26.0 Å². The molecule has 1 aromatic heterocycles. The first-order valence-electron chi connectivity index (χ1n) is 2.76. The van der Waals surface area contributed by atoms with Crippen molar-refractivity contribution in [3.8, 4) is 0 Å². The molecule has 1 nitrogen and oxygen atoms in total. The summed E-state index contributed by atoms with van der Waals surface area (Å²) in [5.74, 6) is 0. The number of halogens is 2. The summed E-state index contributed by atoms with van der Waals surface area (Å²) in [6.07, 6.45) is 0.976. The number of hydrogen-bond acceptors (Lipinski definition) is 2. The zero-order chi connectivity index (χ0) is 6.69. The highest BCUT2D eigenvalue weighted by molar-refractivity contribution is 9.11. The van der Waals surface area contributed by atoms with Crippen molar-refractivity contribution in [2.24, 2.45) is 5.73 Å². The van der Waals surface area contributed by atoms with Gasteiger partial charge in [0.15, 0.2) is 0 Å². The largest absolute Gasteiger partial charge is 0.330 e. The maximum atomic E-state index is 5.37. The lowest BCUT2D eigenvalue weighted by Gasteiger charge is -1.91. The van der Waals surface area contributed by atoms with Gasteiger partial charge in [0.2, 0.25) is 0 Å². The van der Waals surface area contributed by atoms with E-state index in [9.17, 15) is 0 Å². The maximum absolute atomic E-state index is 5.37. The molecule has 0 bridgehead atoms. The lowest BCUT2D eigenvalue weighted by atomic mass is 10.2. The Balaban J connectivity index is 0.000000810. The number of thiophene rings is 1. The second-order valence-corrected chi connectivity index (χ2v) is 3.99. The summed E-state index contributed by atoms with van der Waals surface area (Å²) in [6, 6.07) is 2.10. The molecule has 10 heavy (non-hydrogen) atoms. The fourth-order valence-corrected chi connectivity index (χ4v) is 1.98. The molecule has 2 N–H and O–H groups in total. The fourth-order valence-electron chi connectivity index (χ4n) is 0.654. The molecular weight excluding hydrogens is 233 g/mol. The SMILES string of the molecule is Cl.NCCc1ccsc1Br. The van der Waals surface area contributed by atoms with Gasteiger partial charge in [-0.25, -0.2) is 0 Å². The van der Waals surface area contributed by atoms with Crippen molar-refractivity contribution in [1.82, 2.24) is 0 Å². The van der Waals surface area contributed by atoms with Gasteiger partial charge in [-0.3, -0.25) is 0 Å². The van der Waals surface area contributed by atoms with Crippen LogP contribution in [0.3, 0.4) is 0 Å². The Labute approximate surface area is 79.2 Å². The van der Waals surface area contributed by atoms with Gasteiger partial charge in [-0.1, -0.05) is 0 Å². The molecule has 1 aromatic rings. The van der Waals surface area contributed by atoms with Gasteiger partial charge in [-0.05, 0) is 45.9 Å². The van der Waals surface area contributed by atoms with Crippen molar-refractivity contribution < 1.29 is 0 Å². The molecule has 0 amide bonds. The molecule has 0 spiro atoms. The van der Waals surface area contributed by atoms with E-state index < -0.39 is 0 Å². The van der Waals surface area contributed by atoms with Gasteiger partial charge < -0.3 is 5.73 Å². The van der Waals surface area contributed by atoms with E-state index >= 15 is 0 Å². The zero-order valence-electron chi connectivity index (χ0n) is 5.34. The summed E-state index contributed by atoms with van der Waals surface area (Å²) in [5, 5.41) is 2.06. The Morgan fingerprint density at radius 2 is 2.30 bits per heavy atom. The van der Waals surface area contributed by atoms with Crippen LogP contribution in [0.1, 0.15) is 5.56 Å². The third kappa shape index (κ3) is 2.58. The summed E-state index contributed by atoms with van der Waals surface area (Å²) in [6.45, 7) is 0.731. The van der Waals surface area contributed by atoms with Crippen molar-refractivity contribution in [2.45, 2.75) is 6.42 Å². The molecule has 0 radical (unpaired) electrons. The summed E-state index contributed by atoms with van der Waals surface area (Å²) in [5.41, 5.74) is 6.69. The minimum Gasteiger partial charge on any atom is -0.330 e. The van der Waals surface area contributed by atoms with Crippen molar-refractivity contribution >= 4 is 39.7 Å². The van der Waals surface area contributed by atoms with Gasteiger partial charge in [0, 0.05) is 0 Å². The molecule has 0 unspecified atom stereocenters. The average molecular weight is 243 g/mol. The van der Waals surface area contributed by atoms with Crippen molar-refractivity contribution in [1.29, 1.82) is 0 Å². The summed E-state index contributed by atoms with van der Waals surface area (Å²) in [7, 11) is 0. The molecule has 1 heterocycles. The van der Waals surface area contributed by atoms with Gasteiger partial charge in [-0.15, -0.1) is 23.7 Å². The van der Waals surface area contributed by atoms with Crippen molar-refractivity contribution in [3.63, 3.8) is 0 Å². The summed E-state index contributed by atoms with van der Waals surface area (Å²) in [4.78, 5) is 0. The minimum atomic E-state index is 0. The van der Waals surface area contributed by atoms with Gasteiger partial charge in [0.1, 0.15) is 0 Å². The van der Waals surface area contributed by atoms with E-state index in [4.69, 9.17) is 5.73 Å². The molecule has 0 atom stereocenters. The van der Waals surface area contributed by atoms with Crippen LogP contribution in [0.15, 0.2) is 15.2 Å². The number of rotatable bonds is 2. The number of nitrogens with two attached hydrogens (primary N) is 1. The van der Waals surface area contributed by atoms with E-state index in [0.717, 1.165) is 13.0 Å². The Morgan fingerprint density at radius 3 is 2.70 bits per heavy atom. The van der Waals surface area contributed by atoms with Crippen LogP contribution in [0, 0.1) is 0 Å². The fraction of sp³-hybridized carbons (Fsp3) is 0.333. The second kappa shape index (κ2) is 5.13. The Morgan fingerprint density at radius 1 is 1.60 bits per heavy atom. The van der Waals surface area contributed by atoms with Crippen LogP contribution in [0.25, 0.3) is 0 Å². The van der Waals surface area contributed by atoms with Crippen LogP contribution in [0.5, 0.6) is 0 Å². The molecule has 0 saturated heterocycles. The van der Waals surface area contributed by atoms with Gasteiger partial charge in [0.05, 0.1) is 3.79 Å². The normalized spacial score (nSPS) is 9.00. The van der Waals surface area contributed by atoms with Crippen molar-refractivity contribution in [3.05, 3.63) is 20.8 Å². The van der Waals surface area contributed by atoms with E-state index in [-0.39, 0.29) is 12.4 Å². The molecule has 0 aliphatic rings. The second-order valence-electron chi connectivity index (χ2n) is 1.76. The molecule has 4 heteroatoms. The average Bonchev–Trinajstić information content (AvgIpc) is 2.18. The van der Waals surface area contributed by atoms with Crippen LogP contribution in [0.2, 0.25) is 0 Å². The molecule has 0 saturated carbocycles. The molecule has 0 fully saturated rings. The molecule has 0 aliphatic heterocycles. The van der Waals surface area contributed by atoms with E-state index in [1.807, 2.05) is 0 Å². The van der Waals surface area contributed by atoms with Gasteiger partial charge in [0.25, 0.3) is 0 Å². The lowest BCUT2D eigenvalue weighted by Crippen LogP contribution is -2.01. The first kappa shape index (κ1) is 10.4. The smallest absolute Gasteiger partial charge is 0.0730 e. The van der Waals surface area contributed by atoms with Crippen LogP contribution >= 0.6 is 39.7 Å². The van der Waals surface area contributed by atoms with E-state index in [1.54, 1.807) is 11.3 Å². The Hall–Kier alpha value is 0.430. The zero-order valence-corrected chi connectivity index (χ0v) is 8.56. The maximum Gasteiger partial charge on any atom is 0.0730 e. The summed E-state index contributed by atoms with van der Waals surface area (Å²) < 4.78 is 1.22. The van der Waals surface area contributed by atoms with Crippen LogP contribution in [-0.4, -0.2) is 6.54 Å². The van der Waals surface area contributed by atoms with Crippen molar-refractivity contribution in [2.75, 3.05) is 6.54 Å². The minimum absolute atomic E-state index is 0. The Bertz CT molecular complexity index is 190. The highest BCUT2D eigenvalue weighted by Gasteiger charge is 1.97. The van der Waals surface area contributed by atoms with Crippen LogP contribution < -0.4 is 5.73 Å². The highest BCUT2D eigenvalue weighted by Crippen LogP contribution is 2.23. The van der Waals surface area contributed by atoms with Crippen LogP contribution in [-0.2, 0) is 6.42 Å². The monoisotopic (exact) mass is 241 g/mol. The third-order valence-electron chi connectivity index (χ3n) is 1.11. The predicted molar refractivity (Wildman–Crippen MR) is 52.0 cm³/mol. The Kier molecular flexibility index (Phi) is 5.35.